The van der Waals surface area contributed by atoms with Gasteiger partial charge in [0.25, 0.3) is 0 Å². The minimum absolute atomic E-state index is 0.113. The number of aliphatic carboxylic acids is 1. The number of carbonyl (C=O) groups excluding carboxylic acids is 2. The molecule has 1 aromatic heterocycles. The summed E-state index contributed by atoms with van der Waals surface area (Å²) >= 11 is 0. The molecule has 0 saturated carbocycles. The first kappa shape index (κ1) is 17.5. The average molecular weight is 311 g/mol. The number of nitrogens with zero attached hydrogens (tertiary/aromatic N) is 1. The zero-order chi connectivity index (χ0) is 16.5. The Bertz CT molecular complexity index is 499. The fourth-order valence-electron chi connectivity index (χ4n) is 1.79. The van der Waals surface area contributed by atoms with E-state index in [4.69, 9.17) is 9.52 Å². The Morgan fingerprint density at radius 3 is 2.59 bits per heavy atom. The monoisotopic (exact) mass is 311 g/mol. The van der Waals surface area contributed by atoms with E-state index in [2.05, 4.69) is 10.6 Å². The van der Waals surface area contributed by atoms with Crippen LogP contribution in [0.15, 0.2) is 22.8 Å². The van der Waals surface area contributed by atoms with Gasteiger partial charge in [0.1, 0.15) is 5.76 Å². The molecule has 0 radical (unpaired) electrons. The van der Waals surface area contributed by atoms with Crippen molar-refractivity contribution in [3.63, 3.8) is 0 Å². The second-order valence-corrected chi connectivity index (χ2v) is 4.94. The SMILES string of the molecule is CC(C)N(CCC(=O)O)C(=O)CNC(=O)NCc1ccco1. The van der Waals surface area contributed by atoms with Crippen molar-refractivity contribution in [1.82, 2.24) is 15.5 Å². The second-order valence-electron chi connectivity index (χ2n) is 4.94. The van der Waals surface area contributed by atoms with Crippen LogP contribution in [0.25, 0.3) is 0 Å². The molecule has 0 aliphatic heterocycles. The van der Waals surface area contributed by atoms with E-state index in [1.165, 1.54) is 11.2 Å². The summed E-state index contributed by atoms with van der Waals surface area (Å²) in [5.74, 6) is -0.696. The molecular formula is C14H21N3O5. The summed E-state index contributed by atoms with van der Waals surface area (Å²) in [7, 11) is 0. The lowest BCUT2D eigenvalue weighted by Gasteiger charge is -2.26. The van der Waals surface area contributed by atoms with Gasteiger partial charge in [-0.15, -0.1) is 0 Å². The van der Waals surface area contributed by atoms with Crippen molar-refractivity contribution in [2.75, 3.05) is 13.1 Å². The van der Waals surface area contributed by atoms with E-state index >= 15 is 0 Å². The number of rotatable bonds is 8. The predicted octanol–water partition coefficient (Wildman–Crippen LogP) is 0.791. The standard InChI is InChI=1S/C14H21N3O5/c1-10(2)17(6-5-13(19)20)12(18)9-16-14(21)15-8-11-4-3-7-22-11/h3-4,7,10H,5-6,8-9H2,1-2H3,(H,19,20)(H2,15,16,21). The first-order valence-corrected chi connectivity index (χ1v) is 6.95. The molecule has 1 heterocycles. The Kier molecular flexibility index (Phi) is 6.94. The van der Waals surface area contributed by atoms with Crippen molar-refractivity contribution in [1.29, 1.82) is 0 Å². The Hall–Kier alpha value is -2.51. The molecule has 3 N–H and O–H groups in total. The van der Waals surface area contributed by atoms with E-state index in [-0.39, 0.29) is 38.0 Å². The zero-order valence-electron chi connectivity index (χ0n) is 12.7. The number of nitrogens with one attached hydrogen (secondary N) is 2. The van der Waals surface area contributed by atoms with E-state index in [0.29, 0.717) is 5.76 Å². The van der Waals surface area contributed by atoms with Gasteiger partial charge in [0, 0.05) is 12.6 Å². The highest BCUT2D eigenvalue weighted by Crippen LogP contribution is 2.01. The van der Waals surface area contributed by atoms with Crippen molar-refractivity contribution in [3.8, 4) is 0 Å². The summed E-state index contributed by atoms with van der Waals surface area (Å²) in [6, 6.07) is 2.80. The summed E-state index contributed by atoms with van der Waals surface area (Å²) in [5.41, 5.74) is 0. The van der Waals surface area contributed by atoms with Crippen LogP contribution in [-0.4, -0.2) is 47.0 Å². The van der Waals surface area contributed by atoms with Gasteiger partial charge in [-0.2, -0.15) is 0 Å². The van der Waals surface area contributed by atoms with E-state index in [9.17, 15) is 14.4 Å². The van der Waals surface area contributed by atoms with Crippen LogP contribution in [0.3, 0.4) is 0 Å². The van der Waals surface area contributed by atoms with Crippen LogP contribution in [0, 0.1) is 0 Å². The van der Waals surface area contributed by atoms with Crippen molar-refractivity contribution in [3.05, 3.63) is 24.2 Å². The average Bonchev–Trinajstić information content (AvgIpc) is 2.95. The van der Waals surface area contributed by atoms with E-state index in [0.717, 1.165) is 0 Å². The molecular weight excluding hydrogens is 290 g/mol. The predicted molar refractivity (Wildman–Crippen MR) is 78.0 cm³/mol. The quantitative estimate of drug-likeness (QED) is 0.657. The Morgan fingerprint density at radius 2 is 2.05 bits per heavy atom. The minimum atomic E-state index is -0.970. The van der Waals surface area contributed by atoms with Gasteiger partial charge in [0.05, 0.1) is 25.8 Å². The number of furan rings is 1. The number of hydrogen-bond acceptors (Lipinski definition) is 4. The van der Waals surface area contributed by atoms with Gasteiger partial charge in [-0.3, -0.25) is 9.59 Å². The van der Waals surface area contributed by atoms with Gasteiger partial charge in [0.2, 0.25) is 5.91 Å². The lowest BCUT2D eigenvalue weighted by Crippen LogP contribution is -2.46. The highest BCUT2D eigenvalue weighted by atomic mass is 16.4. The van der Waals surface area contributed by atoms with Gasteiger partial charge in [-0.05, 0) is 26.0 Å². The van der Waals surface area contributed by atoms with Crippen LogP contribution in [-0.2, 0) is 16.1 Å². The van der Waals surface area contributed by atoms with E-state index < -0.39 is 12.0 Å². The van der Waals surface area contributed by atoms with Crippen molar-refractivity contribution >= 4 is 17.9 Å². The number of urea groups is 1. The second kappa shape index (κ2) is 8.71. The molecule has 3 amide bonds. The van der Waals surface area contributed by atoms with Crippen LogP contribution in [0.5, 0.6) is 0 Å². The molecule has 0 aromatic carbocycles. The maximum Gasteiger partial charge on any atom is 0.315 e. The summed E-state index contributed by atoms with van der Waals surface area (Å²) in [4.78, 5) is 35.6. The third-order valence-electron chi connectivity index (χ3n) is 2.91. The highest BCUT2D eigenvalue weighted by Gasteiger charge is 2.18. The lowest BCUT2D eigenvalue weighted by atomic mass is 10.2. The van der Waals surface area contributed by atoms with Crippen LogP contribution >= 0.6 is 0 Å². The molecule has 22 heavy (non-hydrogen) atoms. The molecule has 0 aliphatic carbocycles. The topological polar surface area (TPSA) is 112 Å². The number of carboxylic acid groups (broad SMARTS) is 1. The molecule has 0 unspecified atom stereocenters. The molecule has 8 heteroatoms. The summed E-state index contributed by atoms with van der Waals surface area (Å²) in [6.07, 6.45) is 1.37. The molecule has 0 bridgehead atoms. The Morgan fingerprint density at radius 1 is 1.32 bits per heavy atom. The van der Waals surface area contributed by atoms with Crippen molar-refractivity contribution in [2.24, 2.45) is 0 Å². The van der Waals surface area contributed by atoms with Crippen LogP contribution in [0.2, 0.25) is 0 Å². The van der Waals surface area contributed by atoms with Crippen molar-refractivity contribution in [2.45, 2.75) is 32.9 Å². The maximum absolute atomic E-state index is 12.0. The largest absolute Gasteiger partial charge is 0.481 e. The Balaban J connectivity index is 2.35. The van der Waals surface area contributed by atoms with E-state index in [1.807, 2.05) is 0 Å². The number of carboxylic acids is 1. The zero-order valence-corrected chi connectivity index (χ0v) is 12.7. The third-order valence-corrected chi connectivity index (χ3v) is 2.91. The van der Waals surface area contributed by atoms with Crippen LogP contribution in [0.1, 0.15) is 26.0 Å². The van der Waals surface area contributed by atoms with Crippen LogP contribution in [0.4, 0.5) is 4.79 Å². The number of hydrogen-bond donors (Lipinski definition) is 3. The third kappa shape index (κ3) is 6.29. The first-order valence-electron chi connectivity index (χ1n) is 6.95. The molecule has 122 valence electrons. The molecule has 0 saturated heterocycles. The molecule has 1 aromatic rings. The fourth-order valence-corrected chi connectivity index (χ4v) is 1.79. The summed E-state index contributed by atoms with van der Waals surface area (Å²) in [6.45, 7) is 3.72. The number of amides is 3. The molecule has 8 nitrogen and oxygen atoms in total. The maximum atomic E-state index is 12.0. The van der Waals surface area contributed by atoms with Gasteiger partial charge in [0.15, 0.2) is 0 Å². The smallest absolute Gasteiger partial charge is 0.315 e. The van der Waals surface area contributed by atoms with Gasteiger partial charge in [-0.25, -0.2) is 4.79 Å². The normalized spacial score (nSPS) is 10.3. The Labute approximate surface area is 128 Å². The van der Waals surface area contributed by atoms with Crippen molar-refractivity contribution < 1.29 is 23.9 Å². The molecule has 1 rings (SSSR count). The van der Waals surface area contributed by atoms with Crippen LogP contribution < -0.4 is 10.6 Å². The van der Waals surface area contributed by atoms with Gasteiger partial charge in [-0.1, -0.05) is 0 Å². The van der Waals surface area contributed by atoms with E-state index in [1.54, 1.807) is 26.0 Å². The molecule has 0 atom stereocenters. The minimum Gasteiger partial charge on any atom is -0.481 e. The highest BCUT2D eigenvalue weighted by molar-refractivity contribution is 5.84. The summed E-state index contributed by atoms with van der Waals surface area (Å²) < 4.78 is 5.06. The van der Waals surface area contributed by atoms with Gasteiger partial charge >= 0.3 is 12.0 Å². The molecule has 0 aliphatic rings. The molecule has 0 spiro atoms. The number of carbonyl (C=O) groups is 3. The fraction of sp³-hybridized carbons (Fsp3) is 0.500. The van der Waals surface area contributed by atoms with Gasteiger partial charge < -0.3 is 25.1 Å². The lowest BCUT2D eigenvalue weighted by molar-refractivity contribution is -0.138. The summed E-state index contributed by atoms with van der Waals surface area (Å²) in [5, 5.41) is 13.7. The molecule has 0 fully saturated rings. The first-order chi connectivity index (χ1) is 10.4.